The standard InChI is InChI=1S/C13H14F2N2O3S2/c1-22(18,19)17-4-2-9(3-5-17)20-13-16-12-10(15)6-8(14)7-11(12)21-13/h6-7,9H,2-5H2,1H3. The van der Waals surface area contributed by atoms with Gasteiger partial charge in [-0.3, -0.25) is 0 Å². The van der Waals surface area contributed by atoms with Crippen LogP contribution in [0.25, 0.3) is 10.2 Å². The molecule has 0 unspecified atom stereocenters. The molecule has 0 radical (unpaired) electrons. The average molecular weight is 348 g/mol. The summed E-state index contributed by atoms with van der Waals surface area (Å²) in [6.07, 6.45) is 2.09. The fraction of sp³-hybridized carbons (Fsp3) is 0.462. The fourth-order valence-electron chi connectivity index (χ4n) is 2.41. The first-order chi connectivity index (χ1) is 10.3. The first kappa shape index (κ1) is 15.6. The van der Waals surface area contributed by atoms with Crippen molar-refractivity contribution < 1.29 is 21.9 Å². The number of sulfonamides is 1. The molecule has 0 bridgehead atoms. The van der Waals surface area contributed by atoms with Crippen LogP contribution in [0.15, 0.2) is 12.1 Å². The van der Waals surface area contributed by atoms with E-state index >= 15 is 0 Å². The summed E-state index contributed by atoms with van der Waals surface area (Å²) in [6.45, 7) is 0.773. The molecule has 1 aliphatic rings. The summed E-state index contributed by atoms with van der Waals surface area (Å²) >= 11 is 1.08. The van der Waals surface area contributed by atoms with Crippen molar-refractivity contribution in [2.45, 2.75) is 18.9 Å². The first-order valence-corrected chi connectivity index (χ1v) is 9.37. The average Bonchev–Trinajstić information content (AvgIpc) is 2.81. The Labute approximate surface area is 130 Å². The Balaban J connectivity index is 1.71. The van der Waals surface area contributed by atoms with Gasteiger partial charge in [0.1, 0.15) is 17.4 Å². The molecule has 0 atom stereocenters. The van der Waals surface area contributed by atoms with Crippen molar-refractivity contribution in [1.82, 2.24) is 9.29 Å². The van der Waals surface area contributed by atoms with Crippen molar-refractivity contribution in [2.24, 2.45) is 0 Å². The monoisotopic (exact) mass is 348 g/mol. The van der Waals surface area contributed by atoms with Crippen LogP contribution in [0.3, 0.4) is 0 Å². The van der Waals surface area contributed by atoms with E-state index < -0.39 is 21.7 Å². The fourth-order valence-corrected chi connectivity index (χ4v) is 4.21. The van der Waals surface area contributed by atoms with E-state index in [9.17, 15) is 17.2 Å². The highest BCUT2D eigenvalue weighted by molar-refractivity contribution is 7.88. The van der Waals surface area contributed by atoms with E-state index in [2.05, 4.69) is 4.98 Å². The van der Waals surface area contributed by atoms with E-state index in [0.29, 0.717) is 30.6 Å². The lowest BCUT2D eigenvalue weighted by Crippen LogP contribution is -2.41. The Bertz CT molecular complexity index is 799. The highest BCUT2D eigenvalue weighted by atomic mass is 32.2. The predicted molar refractivity (Wildman–Crippen MR) is 79.6 cm³/mol. The van der Waals surface area contributed by atoms with Crippen molar-refractivity contribution in [3.05, 3.63) is 23.8 Å². The number of aromatic nitrogens is 1. The van der Waals surface area contributed by atoms with E-state index in [1.165, 1.54) is 16.6 Å². The molecule has 1 aromatic heterocycles. The van der Waals surface area contributed by atoms with Gasteiger partial charge in [0.2, 0.25) is 10.0 Å². The quantitative estimate of drug-likeness (QED) is 0.854. The maximum atomic E-state index is 13.6. The summed E-state index contributed by atoms with van der Waals surface area (Å²) in [5.41, 5.74) is 0.0926. The van der Waals surface area contributed by atoms with E-state index in [4.69, 9.17) is 4.74 Å². The second-order valence-electron chi connectivity index (χ2n) is 5.19. The molecule has 9 heteroatoms. The Morgan fingerprint density at radius 3 is 2.64 bits per heavy atom. The third-order valence-electron chi connectivity index (χ3n) is 3.53. The third-order valence-corrected chi connectivity index (χ3v) is 5.73. The van der Waals surface area contributed by atoms with Crippen molar-refractivity contribution >= 4 is 31.6 Å². The molecule has 0 N–H and O–H groups in total. The van der Waals surface area contributed by atoms with Gasteiger partial charge in [-0.2, -0.15) is 4.98 Å². The van der Waals surface area contributed by atoms with Crippen LogP contribution in [0, 0.1) is 11.6 Å². The Hall–Kier alpha value is -1.32. The van der Waals surface area contributed by atoms with Gasteiger partial charge in [0, 0.05) is 19.2 Å². The van der Waals surface area contributed by atoms with Gasteiger partial charge in [-0.25, -0.2) is 21.5 Å². The van der Waals surface area contributed by atoms with Gasteiger partial charge in [0.25, 0.3) is 5.19 Å². The summed E-state index contributed by atoms with van der Waals surface area (Å²) in [7, 11) is -3.18. The summed E-state index contributed by atoms with van der Waals surface area (Å²) in [4.78, 5) is 4.04. The van der Waals surface area contributed by atoms with Crippen LogP contribution >= 0.6 is 11.3 Å². The molecule has 1 aromatic carbocycles. The van der Waals surface area contributed by atoms with E-state index in [-0.39, 0.29) is 16.8 Å². The van der Waals surface area contributed by atoms with Gasteiger partial charge in [-0.1, -0.05) is 11.3 Å². The second kappa shape index (κ2) is 5.71. The zero-order valence-electron chi connectivity index (χ0n) is 11.8. The van der Waals surface area contributed by atoms with Crippen LogP contribution in [0.4, 0.5) is 8.78 Å². The molecule has 22 heavy (non-hydrogen) atoms. The maximum Gasteiger partial charge on any atom is 0.274 e. The molecule has 0 amide bonds. The summed E-state index contributed by atoms with van der Waals surface area (Å²) in [6, 6.07) is 2.01. The van der Waals surface area contributed by atoms with Gasteiger partial charge >= 0.3 is 0 Å². The number of thiazole rings is 1. The lowest BCUT2D eigenvalue weighted by Gasteiger charge is -2.29. The molecular weight excluding hydrogens is 334 g/mol. The normalized spacial score (nSPS) is 18.0. The number of ether oxygens (including phenoxy) is 1. The molecule has 3 rings (SSSR count). The van der Waals surface area contributed by atoms with Crippen molar-refractivity contribution in [1.29, 1.82) is 0 Å². The number of piperidine rings is 1. The summed E-state index contributed by atoms with van der Waals surface area (Å²) in [5, 5.41) is 0.275. The van der Waals surface area contributed by atoms with Crippen LogP contribution in [0.5, 0.6) is 5.19 Å². The van der Waals surface area contributed by atoms with Gasteiger partial charge in [0.05, 0.1) is 11.0 Å². The van der Waals surface area contributed by atoms with Gasteiger partial charge < -0.3 is 4.74 Å². The lowest BCUT2D eigenvalue weighted by molar-refractivity contribution is 0.135. The van der Waals surface area contributed by atoms with E-state index in [1.54, 1.807) is 0 Å². The number of rotatable bonds is 3. The molecule has 120 valence electrons. The maximum absolute atomic E-state index is 13.6. The molecule has 0 aliphatic carbocycles. The number of fused-ring (bicyclic) bond motifs is 1. The number of nitrogens with zero attached hydrogens (tertiary/aromatic N) is 2. The van der Waals surface area contributed by atoms with Crippen molar-refractivity contribution in [3.8, 4) is 5.19 Å². The molecular formula is C13H14F2N2O3S2. The molecule has 1 aliphatic heterocycles. The second-order valence-corrected chi connectivity index (χ2v) is 8.17. The Kier molecular flexibility index (Phi) is 4.04. The minimum atomic E-state index is -3.18. The van der Waals surface area contributed by atoms with Gasteiger partial charge in [0.15, 0.2) is 5.82 Å². The molecule has 2 heterocycles. The molecule has 0 spiro atoms. The smallest absolute Gasteiger partial charge is 0.274 e. The summed E-state index contributed by atoms with van der Waals surface area (Å²) < 4.78 is 57.1. The van der Waals surface area contributed by atoms with E-state index in [1.807, 2.05) is 0 Å². The summed E-state index contributed by atoms with van der Waals surface area (Å²) in [5.74, 6) is -1.37. The molecule has 1 fully saturated rings. The predicted octanol–water partition coefficient (Wildman–Crippen LogP) is 2.38. The topological polar surface area (TPSA) is 59.5 Å². The number of benzene rings is 1. The minimum absolute atomic E-state index is 0.0926. The van der Waals surface area contributed by atoms with Crippen LogP contribution in [-0.4, -0.2) is 43.2 Å². The zero-order chi connectivity index (χ0) is 15.9. The van der Waals surface area contributed by atoms with Crippen LogP contribution in [0.2, 0.25) is 0 Å². The number of halogens is 2. The van der Waals surface area contributed by atoms with Crippen LogP contribution < -0.4 is 4.74 Å². The van der Waals surface area contributed by atoms with Gasteiger partial charge in [-0.05, 0) is 18.9 Å². The Morgan fingerprint density at radius 2 is 2.00 bits per heavy atom. The van der Waals surface area contributed by atoms with Crippen LogP contribution in [-0.2, 0) is 10.0 Å². The largest absolute Gasteiger partial charge is 0.467 e. The van der Waals surface area contributed by atoms with Crippen molar-refractivity contribution in [2.75, 3.05) is 19.3 Å². The number of hydrogen-bond donors (Lipinski definition) is 0. The minimum Gasteiger partial charge on any atom is -0.467 e. The zero-order valence-corrected chi connectivity index (χ0v) is 13.4. The highest BCUT2D eigenvalue weighted by Gasteiger charge is 2.26. The lowest BCUT2D eigenvalue weighted by atomic mass is 10.1. The SMILES string of the molecule is CS(=O)(=O)N1CCC(Oc2nc3c(F)cc(F)cc3s2)CC1. The van der Waals surface area contributed by atoms with E-state index in [0.717, 1.165) is 17.4 Å². The van der Waals surface area contributed by atoms with Crippen LogP contribution in [0.1, 0.15) is 12.8 Å². The molecule has 2 aromatic rings. The van der Waals surface area contributed by atoms with Gasteiger partial charge in [-0.15, -0.1) is 0 Å². The Morgan fingerprint density at radius 1 is 1.32 bits per heavy atom. The molecule has 1 saturated heterocycles. The number of hydrogen-bond acceptors (Lipinski definition) is 5. The molecule has 0 saturated carbocycles. The molecule has 5 nitrogen and oxygen atoms in total. The third kappa shape index (κ3) is 3.21. The highest BCUT2D eigenvalue weighted by Crippen LogP contribution is 2.32. The van der Waals surface area contributed by atoms with Crippen molar-refractivity contribution in [3.63, 3.8) is 0 Å². The first-order valence-electron chi connectivity index (χ1n) is 6.70.